The highest BCUT2D eigenvalue weighted by molar-refractivity contribution is 6.31. The topological polar surface area (TPSA) is 82.3 Å². The maximum atomic E-state index is 12.7. The Morgan fingerprint density at radius 3 is 2.54 bits per heavy atom. The summed E-state index contributed by atoms with van der Waals surface area (Å²) in [5.74, 6) is -0.563. The van der Waals surface area contributed by atoms with Gasteiger partial charge in [0.25, 0.3) is 0 Å². The standard InChI is InChI=1S/C16H11ClN2O3.C2H6/c1-22-16(21)13-5-8-4-10(18)7-19-14(8)15(20)11-3-2-9(17)6-12(11)13;1-2/h2-7H,18H2,1H3;1-2H3. The molecule has 0 amide bonds. The van der Waals surface area contributed by atoms with Crippen LogP contribution in [0.3, 0.4) is 0 Å². The third-order valence-electron chi connectivity index (χ3n) is 3.37. The number of fused-ring (bicyclic) bond motifs is 2. The molecule has 2 N–H and O–H groups in total. The zero-order valence-corrected chi connectivity index (χ0v) is 14.3. The Hall–Kier alpha value is -2.66. The molecule has 0 aliphatic carbocycles. The van der Waals surface area contributed by atoms with Gasteiger partial charge in [0.1, 0.15) is 5.52 Å². The lowest BCUT2D eigenvalue weighted by Crippen LogP contribution is -2.03. The smallest absolute Gasteiger partial charge is 0.338 e. The van der Waals surface area contributed by atoms with Gasteiger partial charge in [-0.3, -0.25) is 4.79 Å². The Balaban J connectivity index is 0.00000100. The Kier molecular flexibility index (Phi) is 5.36. The molecule has 0 fully saturated rings. The minimum absolute atomic E-state index is 0.233. The van der Waals surface area contributed by atoms with Crippen LogP contribution in [-0.4, -0.2) is 18.1 Å². The van der Waals surface area contributed by atoms with Crippen LogP contribution in [0.5, 0.6) is 0 Å². The molecule has 0 aliphatic heterocycles. The highest BCUT2D eigenvalue weighted by Crippen LogP contribution is 2.24. The second-order valence-electron chi connectivity index (χ2n) is 4.78. The van der Waals surface area contributed by atoms with Gasteiger partial charge in [0.05, 0.1) is 24.6 Å². The van der Waals surface area contributed by atoms with Crippen molar-refractivity contribution < 1.29 is 9.53 Å². The number of nitrogen functional groups attached to an aromatic ring is 1. The van der Waals surface area contributed by atoms with Gasteiger partial charge in [0.2, 0.25) is 5.43 Å². The van der Waals surface area contributed by atoms with Crippen LogP contribution in [0, 0.1) is 0 Å². The number of aromatic nitrogens is 1. The van der Waals surface area contributed by atoms with Gasteiger partial charge in [-0.2, -0.15) is 0 Å². The van der Waals surface area contributed by atoms with Crippen molar-refractivity contribution >= 4 is 44.9 Å². The molecule has 0 atom stereocenters. The number of carbonyl (C=O) groups is 1. The van der Waals surface area contributed by atoms with Crippen molar-refractivity contribution in [1.29, 1.82) is 0 Å². The van der Waals surface area contributed by atoms with E-state index in [9.17, 15) is 9.59 Å². The van der Waals surface area contributed by atoms with Gasteiger partial charge in [0.15, 0.2) is 0 Å². The van der Waals surface area contributed by atoms with E-state index >= 15 is 0 Å². The quantitative estimate of drug-likeness (QED) is 0.679. The molecule has 3 rings (SSSR count). The van der Waals surface area contributed by atoms with Gasteiger partial charge in [0, 0.05) is 21.2 Å². The fourth-order valence-electron chi connectivity index (χ4n) is 2.38. The number of nitrogens with two attached hydrogens (primary N) is 1. The van der Waals surface area contributed by atoms with E-state index in [1.54, 1.807) is 30.3 Å². The zero-order chi connectivity index (χ0) is 17.9. The zero-order valence-electron chi connectivity index (χ0n) is 13.6. The van der Waals surface area contributed by atoms with Crippen LogP contribution < -0.4 is 11.2 Å². The average molecular weight is 345 g/mol. The van der Waals surface area contributed by atoms with Crippen molar-refractivity contribution in [3.05, 3.63) is 57.3 Å². The number of esters is 1. The van der Waals surface area contributed by atoms with Crippen LogP contribution in [0.1, 0.15) is 24.2 Å². The number of hydrogen-bond acceptors (Lipinski definition) is 5. The minimum atomic E-state index is -0.563. The second kappa shape index (κ2) is 7.27. The molecule has 0 aliphatic rings. The number of methoxy groups -OCH3 is 1. The molecular formula is C18H17ClN2O3. The number of pyridine rings is 1. The van der Waals surface area contributed by atoms with E-state index in [1.165, 1.54) is 13.3 Å². The van der Waals surface area contributed by atoms with E-state index in [1.807, 2.05) is 13.8 Å². The van der Waals surface area contributed by atoms with Gasteiger partial charge in [-0.05, 0) is 30.3 Å². The fourth-order valence-corrected chi connectivity index (χ4v) is 2.55. The first kappa shape index (κ1) is 17.7. The molecule has 1 heterocycles. The monoisotopic (exact) mass is 344 g/mol. The van der Waals surface area contributed by atoms with Crippen LogP contribution in [0.2, 0.25) is 5.02 Å². The van der Waals surface area contributed by atoms with Crippen LogP contribution in [0.4, 0.5) is 5.69 Å². The third-order valence-corrected chi connectivity index (χ3v) is 3.61. The number of halogens is 1. The molecule has 2 aromatic carbocycles. The number of ether oxygens (including phenoxy) is 1. The molecule has 0 saturated heterocycles. The third kappa shape index (κ3) is 3.16. The lowest BCUT2D eigenvalue weighted by Gasteiger charge is -2.01. The van der Waals surface area contributed by atoms with Crippen molar-refractivity contribution in [3.8, 4) is 0 Å². The first-order valence-corrected chi connectivity index (χ1v) is 7.79. The predicted octanol–water partition coefficient (Wildman–Crippen LogP) is 3.80. The number of benzene rings is 1. The largest absolute Gasteiger partial charge is 0.465 e. The van der Waals surface area contributed by atoms with E-state index in [4.69, 9.17) is 22.1 Å². The molecule has 0 radical (unpaired) electrons. The predicted molar refractivity (Wildman–Crippen MR) is 97.6 cm³/mol. The highest BCUT2D eigenvalue weighted by atomic mass is 35.5. The summed E-state index contributed by atoms with van der Waals surface area (Å²) in [6.07, 6.45) is 1.41. The van der Waals surface area contributed by atoms with Crippen molar-refractivity contribution in [2.45, 2.75) is 13.8 Å². The van der Waals surface area contributed by atoms with Crippen LogP contribution in [0.25, 0.3) is 21.7 Å². The number of nitrogens with zero attached hydrogens (tertiary/aromatic N) is 1. The minimum Gasteiger partial charge on any atom is -0.465 e. The highest BCUT2D eigenvalue weighted by Gasteiger charge is 2.14. The van der Waals surface area contributed by atoms with E-state index in [0.717, 1.165) is 0 Å². The summed E-state index contributed by atoms with van der Waals surface area (Å²) >= 11 is 6.00. The Morgan fingerprint density at radius 1 is 1.17 bits per heavy atom. The molecule has 5 nitrogen and oxygen atoms in total. The SMILES string of the molecule is CC.COC(=O)c1cc2cc(N)cnc2c(=O)c2ccc(Cl)cc12. The number of anilines is 1. The lowest BCUT2D eigenvalue weighted by atomic mass is 10.1. The number of rotatable bonds is 1. The molecule has 0 saturated carbocycles. The summed E-state index contributed by atoms with van der Waals surface area (Å²) in [6.45, 7) is 4.00. The van der Waals surface area contributed by atoms with Gasteiger partial charge in [-0.25, -0.2) is 9.78 Å². The molecule has 0 spiro atoms. The maximum absolute atomic E-state index is 12.7. The summed E-state index contributed by atoms with van der Waals surface area (Å²) in [6, 6.07) is 7.87. The summed E-state index contributed by atoms with van der Waals surface area (Å²) < 4.78 is 4.81. The summed E-state index contributed by atoms with van der Waals surface area (Å²) in [5, 5.41) is 1.65. The molecule has 3 aromatic rings. The molecule has 0 unspecified atom stereocenters. The Labute approximate surface area is 144 Å². The first-order chi connectivity index (χ1) is 11.5. The fraction of sp³-hybridized carbons (Fsp3) is 0.167. The van der Waals surface area contributed by atoms with Gasteiger partial charge >= 0.3 is 5.97 Å². The van der Waals surface area contributed by atoms with Gasteiger partial charge in [-0.15, -0.1) is 0 Å². The van der Waals surface area contributed by atoms with Crippen molar-refractivity contribution in [1.82, 2.24) is 4.98 Å². The molecule has 1 aromatic heterocycles. The second-order valence-corrected chi connectivity index (χ2v) is 5.21. The Bertz CT molecular complexity index is 987. The number of carbonyl (C=O) groups excluding carboxylic acids is 1. The van der Waals surface area contributed by atoms with E-state index < -0.39 is 5.97 Å². The van der Waals surface area contributed by atoms with Crippen molar-refractivity contribution in [3.63, 3.8) is 0 Å². The number of hydrogen-bond donors (Lipinski definition) is 1. The Morgan fingerprint density at radius 2 is 1.88 bits per heavy atom. The van der Waals surface area contributed by atoms with Gasteiger partial charge in [-0.1, -0.05) is 25.4 Å². The van der Waals surface area contributed by atoms with E-state index in [2.05, 4.69) is 4.98 Å². The molecule has 24 heavy (non-hydrogen) atoms. The molecule has 6 heteroatoms. The van der Waals surface area contributed by atoms with Crippen LogP contribution in [0.15, 0.2) is 41.3 Å². The summed E-state index contributed by atoms with van der Waals surface area (Å²) in [4.78, 5) is 28.9. The van der Waals surface area contributed by atoms with Crippen molar-refractivity contribution in [2.75, 3.05) is 12.8 Å². The van der Waals surface area contributed by atoms with Crippen LogP contribution in [-0.2, 0) is 4.74 Å². The van der Waals surface area contributed by atoms with E-state index in [-0.39, 0.29) is 16.5 Å². The van der Waals surface area contributed by atoms with Crippen molar-refractivity contribution in [2.24, 2.45) is 0 Å². The lowest BCUT2D eigenvalue weighted by molar-refractivity contribution is 0.0603. The first-order valence-electron chi connectivity index (χ1n) is 7.41. The molecular weight excluding hydrogens is 328 g/mol. The molecule has 124 valence electrons. The van der Waals surface area contributed by atoms with Gasteiger partial charge < -0.3 is 10.5 Å². The average Bonchev–Trinajstić information content (AvgIpc) is 2.71. The molecule has 0 bridgehead atoms. The summed E-state index contributed by atoms with van der Waals surface area (Å²) in [7, 11) is 1.28. The summed E-state index contributed by atoms with van der Waals surface area (Å²) in [5.41, 5.74) is 6.29. The van der Waals surface area contributed by atoms with E-state index in [0.29, 0.717) is 26.9 Å². The maximum Gasteiger partial charge on any atom is 0.338 e. The normalized spacial score (nSPS) is 10.2. The van der Waals surface area contributed by atoms with Crippen LogP contribution >= 0.6 is 11.6 Å².